The van der Waals surface area contributed by atoms with Crippen molar-refractivity contribution in [1.82, 2.24) is 10.3 Å². The molecule has 0 saturated carbocycles. The van der Waals surface area contributed by atoms with Gasteiger partial charge in [-0.3, -0.25) is 9.59 Å². The Balaban J connectivity index is 2.60. The molecule has 4 nitrogen and oxygen atoms in total. The third-order valence-electron chi connectivity index (χ3n) is 1.85. The van der Waals surface area contributed by atoms with Crippen molar-refractivity contribution in [2.24, 2.45) is 0 Å². The molecule has 1 aromatic rings. The fourth-order valence-corrected chi connectivity index (χ4v) is 1.08. The molecule has 1 N–H and O–H groups in total. The molecule has 0 spiro atoms. The molecular weight excluding hydrogens is 223 g/mol. The molecule has 0 aromatic carbocycles. The van der Waals surface area contributed by atoms with Crippen molar-refractivity contribution in [3.8, 4) is 11.8 Å². The standard InChI is InChI=1S/C12H11FN2O2/c1-9(17)14-5-3-2-4-10-6-11(8-16)12(13)15-7-10/h6-8H,3,5H2,1H3,(H,14,17). The molecule has 0 bridgehead atoms. The van der Waals surface area contributed by atoms with Gasteiger partial charge in [-0.15, -0.1) is 0 Å². The monoisotopic (exact) mass is 234 g/mol. The van der Waals surface area contributed by atoms with Crippen molar-refractivity contribution in [2.45, 2.75) is 13.3 Å². The number of carbonyl (C=O) groups is 2. The molecule has 0 aliphatic carbocycles. The van der Waals surface area contributed by atoms with Crippen molar-refractivity contribution >= 4 is 12.2 Å². The smallest absolute Gasteiger partial charge is 0.223 e. The Kier molecular flexibility index (Phi) is 4.82. The van der Waals surface area contributed by atoms with Crippen molar-refractivity contribution < 1.29 is 14.0 Å². The first kappa shape index (κ1) is 12.8. The Morgan fingerprint density at radius 2 is 2.41 bits per heavy atom. The Morgan fingerprint density at radius 3 is 3.06 bits per heavy atom. The Bertz CT molecular complexity index is 489. The van der Waals surface area contributed by atoms with Gasteiger partial charge in [0, 0.05) is 31.6 Å². The molecule has 0 aliphatic rings. The summed E-state index contributed by atoms with van der Waals surface area (Å²) in [7, 11) is 0. The van der Waals surface area contributed by atoms with Crippen LogP contribution in [-0.2, 0) is 4.79 Å². The van der Waals surface area contributed by atoms with Crippen molar-refractivity contribution in [3.63, 3.8) is 0 Å². The van der Waals surface area contributed by atoms with Gasteiger partial charge in [0.1, 0.15) is 0 Å². The molecule has 88 valence electrons. The lowest BCUT2D eigenvalue weighted by Gasteiger charge is -1.95. The van der Waals surface area contributed by atoms with E-state index in [2.05, 4.69) is 22.1 Å². The lowest BCUT2D eigenvalue weighted by atomic mass is 10.2. The molecule has 5 heteroatoms. The van der Waals surface area contributed by atoms with Crippen molar-refractivity contribution in [2.75, 3.05) is 6.54 Å². The van der Waals surface area contributed by atoms with E-state index in [1.54, 1.807) is 0 Å². The quantitative estimate of drug-likeness (QED) is 0.366. The molecule has 1 rings (SSSR count). The Morgan fingerprint density at radius 1 is 1.65 bits per heavy atom. The molecule has 0 saturated heterocycles. The van der Waals surface area contributed by atoms with E-state index in [0.717, 1.165) is 0 Å². The van der Waals surface area contributed by atoms with Crippen LogP contribution in [0.3, 0.4) is 0 Å². The van der Waals surface area contributed by atoms with E-state index in [-0.39, 0.29) is 11.5 Å². The number of hydrogen-bond acceptors (Lipinski definition) is 3. The van der Waals surface area contributed by atoms with Gasteiger partial charge in [-0.25, -0.2) is 4.98 Å². The first-order chi connectivity index (χ1) is 8.13. The van der Waals surface area contributed by atoms with Crippen molar-refractivity contribution in [1.29, 1.82) is 0 Å². The summed E-state index contributed by atoms with van der Waals surface area (Å²) in [6.07, 6.45) is 2.13. The van der Waals surface area contributed by atoms with Gasteiger partial charge < -0.3 is 5.32 Å². The van der Waals surface area contributed by atoms with Crippen LogP contribution in [0.25, 0.3) is 0 Å². The van der Waals surface area contributed by atoms with Crippen LogP contribution in [0.15, 0.2) is 12.3 Å². The number of aromatic nitrogens is 1. The fourth-order valence-electron chi connectivity index (χ4n) is 1.08. The summed E-state index contributed by atoms with van der Waals surface area (Å²) >= 11 is 0. The Labute approximate surface area is 98.2 Å². The van der Waals surface area contributed by atoms with Gasteiger partial charge in [0.2, 0.25) is 11.9 Å². The van der Waals surface area contributed by atoms with E-state index < -0.39 is 5.95 Å². The van der Waals surface area contributed by atoms with Gasteiger partial charge in [0.25, 0.3) is 0 Å². The van der Waals surface area contributed by atoms with Crippen molar-refractivity contribution in [3.05, 3.63) is 29.3 Å². The normalized spacial score (nSPS) is 9.06. The topological polar surface area (TPSA) is 59.1 Å². The zero-order valence-electron chi connectivity index (χ0n) is 9.29. The highest BCUT2D eigenvalue weighted by molar-refractivity contribution is 5.75. The van der Waals surface area contributed by atoms with Crippen LogP contribution < -0.4 is 5.32 Å². The summed E-state index contributed by atoms with van der Waals surface area (Å²) in [5.41, 5.74) is 0.356. The molecule has 0 unspecified atom stereocenters. The number of hydrogen-bond donors (Lipinski definition) is 1. The lowest BCUT2D eigenvalue weighted by molar-refractivity contribution is -0.118. The average Bonchev–Trinajstić information content (AvgIpc) is 2.30. The minimum Gasteiger partial charge on any atom is -0.355 e. The molecule has 0 atom stereocenters. The van der Waals surface area contributed by atoms with Gasteiger partial charge in [-0.2, -0.15) is 4.39 Å². The highest BCUT2D eigenvalue weighted by atomic mass is 19.1. The van der Waals surface area contributed by atoms with Gasteiger partial charge in [-0.05, 0) is 6.07 Å². The van der Waals surface area contributed by atoms with Crippen LogP contribution in [0.2, 0.25) is 0 Å². The van der Waals surface area contributed by atoms with Gasteiger partial charge in [0.05, 0.1) is 5.56 Å². The summed E-state index contributed by atoms with van der Waals surface area (Å²) in [6, 6.07) is 1.33. The van der Waals surface area contributed by atoms with Gasteiger partial charge in [0.15, 0.2) is 6.29 Å². The maximum atomic E-state index is 12.9. The van der Waals surface area contributed by atoms with Crippen LogP contribution in [0.4, 0.5) is 4.39 Å². The molecule has 17 heavy (non-hydrogen) atoms. The Hall–Kier alpha value is -2.22. The molecule has 1 aromatic heterocycles. The van der Waals surface area contributed by atoms with Crippen LogP contribution in [-0.4, -0.2) is 23.7 Å². The number of carbonyl (C=O) groups excluding carboxylic acids is 2. The third kappa shape index (κ3) is 4.43. The van der Waals surface area contributed by atoms with E-state index in [9.17, 15) is 14.0 Å². The molecule has 0 fully saturated rings. The number of nitrogens with zero attached hydrogens (tertiary/aromatic N) is 1. The summed E-state index contributed by atoms with van der Waals surface area (Å²) in [4.78, 5) is 24.4. The maximum absolute atomic E-state index is 12.9. The molecule has 1 heterocycles. The predicted octanol–water partition coefficient (Wildman–Crippen LogP) is 0.911. The van der Waals surface area contributed by atoms with E-state index in [1.807, 2.05) is 0 Å². The summed E-state index contributed by atoms with van der Waals surface area (Å²) in [5, 5.41) is 2.59. The van der Waals surface area contributed by atoms with Crippen LogP contribution in [0.5, 0.6) is 0 Å². The zero-order chi connectivity index (χ0) is 12.7. The predicted molar refractivity (Wildman–Crippen MR) is 59.8 cm³/mol. The SMILES string of the molecule is CC(=O)NCCC#Cc1cnc(F)c(C=O)c1. The van der Waals surface area contributed by atoms with E-state index >= 15 is 0 Å². The average molecular weight is 234 g/mol. The van der Waals surface area contributed by atoms with E-state index in [0.29, 0.717) is 24.8 Å². The van der Waals surface area contributed by atoms with Crippen LogP contribution in [0.1, 0.15) is 29.3 Å². The zero-order valence-corrected chi connectivity index (χ0v) is 9.29. The first-order valence-electron chi connectivity index (χ1n) is 4.97. The lowest BCUT2D eigenvalue weighted by Crippen LogP contribution is -2.20. The number of rotatable bonds is 3. The minimum absolute atomic E-state index is 0.112. The van der Waals surface area contributed by atoms with Crippen LogP contribution in [0, 0.1) is 17.8 Å². The van der Waals surface area contributed by atoms with Crippen LogP contribution >= 0.6 is 0 Å². The minimum atomic E-state index is -0.802. The summed E-state index contributed by atoms with van der Waals surface area (Å²) in [5.74, 6) is 4.60. The number of amides is 1. The largest absolute Gasteiger partial charge is 0.355 e. The fraction of sp³-hybridized carbons (Fsp3) is 0.250. The first-order valence-corrected chi connectivity index (χ1v) is 4.97. The second-order valence-corrected chi connectivity index (χ2v) is 3.26. The molecular formula is C12H11FN2O2. The molecule has 0 radical (unpaired) electrons. The number of nitrogens with one attached hydrogen (secondary N) is 1. The summed E-state index contributed by atoms with van der Waals surface area (Å²) in [6.45, 7) is 1.88. The number of pyridine rings is 1. The molecule has 0 aliphatic heterocycles. The number of halogens is 1. The third-order valence-corrected chi connectivity index (χ3v) is 1.85. The number of aldehydes is 1. The summed E-state index contributed by atoms with van der Waals surface area (Å²) < 4.78 is 12.9. The highest BCUT2D eigenvalue weighted by Gasteiger charge is 2.01. The molecule has 1 amide bonds. The van der Waals surface area contributed by atoms with E-state index in [1.165, 1.54) is 19.2 Å². The van der Waals surface area contributed by atoms with E-state index in [4.69, 9.17) is 0 Å². The second-order valence-electron chi connectivity index (χ2n) is 3.26. The second kappa shape index (κ2) is 6.38. The maximum Gasteiger partial charge on any atom is 0.223 e. The van der Waals surface area contributed by atoms with Gasteiger partial charge in [-0.1, -0.05) is 11.8 Å². The van der Waals surface area contributed by atoms with Gasteiger partial charge >= 0.3 is 0 Å². The highest BCUT2D eigenvalue weighted by Crippen LogP contribution is 2.03.